The molecule has 0 radical (unpaired) electrons. The number of hydrogen-bond acceptors (Lipinski definition) is 4. The first kappa shape index (κ1) is 15.7. The van der Waals surface area contributed by atoms with E-state index in [4.69, 9.17) is 9.52 Å². The minimum atomic E-state index is -1.01. The number of aryl methyl sites for hydroxylation is 1. The van der Waals surface area contributed by atoms with Gasteiger partial charge in [-0.1, -0.05) is 6.92 Å². The first-order valence-corrected chi connectivity index (χ1v) is 6.69. The number of carboxylic acids is 1. The van der Waals surface area contributed by atoms with E-state index in [1.165, 1.54) is 0 Å². The molecule has 5 heteroatoms. The molecule has 1 aromatic heterocycles. The van der Waals surface area contributed by atoms with Crippen molar-refractivity contribution in [1.82, 2.24) is 10.2 Å². The Labute approximate surface area is 114 Å². The van der Waals surface area contributed by atoms with Gasteiger partial charge in [0.05, 0.1) is 6.54 Å². The summed E-state index contributed by atoms with van der Waals surface area (Å²) in [5.41, 5.74) is 0.668. The molecule has 0 aliphatic rings. The zero-order chi connectivity index (χ0) is 14.4. The number of nitrogens with zero attached hydrogens (tertiary/aromatic N) is 1. The lowest BCUT2D eigenvalue weighted by atomic mass is 10.2. The van der Waals surface area contributed by atoms with Crippen LogP contribution in [0.3, 0.4) is 0 Å². The van der Waals surface area contributed by atoms with Crippen LogP contribution in [0.1, 0.15) is 42.1 Å². The molecule has 2 N–H and O–H groups in total. The molecule has 0 aliphatic heterocycles. The Morgan fingerprint density at radius 2 is 2.26 bits per heavy atom. The molecule has 0 spiro atoms. The lowest BCUT2D eigenvalue weighted by molar-refractivity contribution is 0.0659. The zero-order valence-electron chi connectivity index (χ0n) is 12.2. The van der Waals surface area contributed by atoms with Crippen molar-refractivity contribution < 1.29 is 14.3 Å². The molecule has 1 heterocycles. The average molecular weight is 268 g/mol. The van der Waals surface area contributed by atoms with Crippen LogP contribution in [0, 0.1) is 6.92 Å². The molecule has 0 aliphatic carbocycles. The van der Waals surface area contributed by atoms with Gasteiger partial charge in [0.25, 0.3) is 0 Å². The maximum atomic E-state index is 10.8. The van der Waals surface area contributed by atoms with Gasteiger partial charge in [-0.25, -0.2) is 4.79 Å². The van der Waals surface area contributed by atoms with E-state index in [2.05, 4.69) is 31.1 Å². The van der Waals surface area contributed by atoms with Crippen molar-refractivity contribution in [2.24, 2.45) is 0 Å². The molecule has 0 amide bonds. The fourth-order valence-electron chi connectivity index (χ4n) is 1.85. The smallest absolute Gasteiger partial charge is 0.372 e. The van der Waals surface area contributed by atoms with Crippen molar-refractivity contribution in [3.05, 3.63) is 23.2 Å². The van der Waals surface area contributed by atoms with Crippen LogP contribution in [0.15, 0.2) is 10.5 Å². The number of hydrogen-bond donors (Lipinski definition) is 2. The Balaban J connectivity index is 2.34. The predicted molar refractivity (Wildman–Crippen MR) is 74.5 cm³/mol. The summed E-state index contributed by atoms with van der Waals surface area (Å²) in [6.07, 6.45) is 1.13. The van der Waals surface area contributed by atoms with E-state index < -0.39 is 5.97 Å². The molecule has 5 nitrogen and oxygen atoms in total. The molecule has 1 atom stereocenters. The Hall–Kier alpha value is -1.33. The fraction of sp³-hybridized carbons (Fsp3) is 0.643. The highest BCUT2D eigenvalue weighted by atomic mass is 16.4. The van der Waals surface area contributed by atoms with Crippen LogP contribution in [-0.4, -0.2) is 42.2 Å². The molecule has 0 fully saturated rings. The summed E-state index contributed by atoms with van der Waals surface area (Å²) in [6.45, 7) is 8.49. The van der Waals surface area contributed by atoms with Gasteiger partial charge in [-0.2, -0.15) is 0 Å². The highest BCUT2D eigenvalue weighted by Crippen LogP contribution is 2.14. The Morgan fingerprint density at radius 3 is 2.79 bits per heavy atom. The number of furan rings is 1. The van der Waals surface area contributed by atoms with Crippen LogP contribution >= 0.6 is 0 Å². The Kier molecular flexibility index (Phi) is 6.05. The molecule has 1 aromatic rings. The second-order valence-electron chi connectivity index (χ2n) is 4.94. The summed E-state index contributed by atoms with van der Waals surface area (Å²) in [7, 11) is 2.11. The van der Waals surface area contributed by atoms with Crippen LogP contribution in [0.5, 0.6) is 0 Å². The predicted octanol–water partition coefficient (Wildman–Crippen LogP) is 2.11. The van der Waals surface area contributed by atoms with Gasteiger partial charge in [0, 0.05) is 24.7 Å². The van der Waals surface area contributed by atoms with Crippen LogP contribution in [0.25, 0.3) is 0 Å². The second-order valence-corrected chi connectivity index (χ2v) is 4.94. The fourth-order valence-corrected chi connectivity index (χ4v) is 1.85. The van der Waals surface area contributed by atoms with Crippen molar-refractivity contribution in [3.8, 4) is 0 Å². The van der Waals surface area contributed by atoms with Crippen molar-refractivity contribution in [3.63, 3.8) is 0 Å². The van der Waals surface area contributed by atoms with Gasteiger partial charge < -0.3 is 19.7 Å². The summed E-state index contributed by atoms with van der Waals surface area (Å²) in [6, 6.07) is 2.35. The number of carboxylic acid groups (broad SMARTS) is 1. The first-order chi connectivity index (χ1) is 8.95. The van der Waals surface area contributed by atoms with Gasteiger partial charge >= 0.3 is 5.97 Å². The van der Waals surface area contributed by atoms with Crippen molar-refractivity contribution in [2.75, 3.05) is 20.1 Å². The maximum Gasteiger partial charge on any atom is 0.372 e. The maximum absolute atomic E-state index is 10.8. The summed E-state index contributed by atoms with van der Waals surface area (Å²) >= 11 is 0. The molecular formula is C14H24N2O3. The van der Waals surface area contributed by atoms with Crippen LogP contribution < -0.4 is 5.32 Å². The minimum absolute atomic E-state index is 0.0357. The molecule has 0 bridgehead atoms. The van der Waals surface area contributed by atoms with E-state index in [9.17, 15) is 4.79 Å². The topological polar surface area (TPSA) is 65.7 Å². The lowest BCUT2D eigenvalue weighted by Gasteiger charge is -2.23. The van der Waals surface area contributed by atoms with Crippen LogP contribution in [0.2, 0.25) is 0 Å². The molecule has 0 saturated carbocycles. The SMILES string of the molecule is CCC(C)N(C)CCNCc1cc(C)c(C(=O)O)o1. The van der Waals surface area contributed by atoms with E-state index in [0.717, 1.165) is 19.5 Å². The summed E-state index contributed by atoms with van der Waals surface area (Å²) < 4.78 is 5.28. The van der Waals surface area contributed by atoms with Gasteiger partial charge in [-0.05, 0) is 33.4 Å². The normalized spacial score (nSPS) is 12.9. The third kappa shape index (κ3) is 4.69. The standard InChI is InChI=1S/C14H24N2O3/c1-5-11(3)16(4)7-6-15-9-12-8-10(2)13(19-12)14(17)18/h8,11,15H,5-7,9H2,1-4H3,(H,17,18). The molecule has 19 heavy (non-hydrogen) atoms. The number of nitrogens with one attached hydrogen (secondary N) is 1. The van der Waals surface area contributed by atoms with E-state index in [1.54, 1.807) is 13.0 Å². The van der Waals surface area contributed by atoms with Gasteiger partial charge in [-0.15, -0.1) is 0 Å². The Bertz CT molecular complexity index is 415. The second kappa shape index (κ2) is 7.31. The van der Waals surface area contributed by atoms with E-state index in [1.807, 2.05) is 0 Å². The van der Waals surface area contributed by atoms with Crippen LogP contribution in [-0.2, 0) is 6.54 Å². The highest BCUT2D eigenvalue weighted by Gasteiger charge is 2.13. The van der Waals surface area contributed by atoms with Crippen molar-refractivity contribution >= 4 is 5.97 Å². The third-order valence-electron chi connectivity index (χ3n) is 3.45. The lowest BCUT2D eigenvalue weighted by Crippen LogP contribution is -2.34. The number of likely N-dealkylation sites (N-methyl/N-ethyl adjacent to an activating group) is 1. The van der Waals surface area contributed by atoms with Gasteiger partial charge in [-0.3, -0.25) is 0 Å². The summed E-state index contributed by atoms with van der Waals surface area (Å²) in [4.78, 5) is 13.1. The third-order valence-corrected chi connectivity index (χ3v) is 3.45. The zero-order valence-corrected chi connectivity index (χ0v) is 12.2. The van der Waals surface area contributed by atoms with Gasteiger partial charge in [0.15, 0.2) is 0 Å². The molecule has 108 valence electrons. The molecule has 1 rings (SSSR count). The number of carbonyl (C=O) groups is 1. The van der Waals surface area contributed by atoms with Crippen molar-refractivity contribution in [2.45, 2.75) is 39.8 Å². The van der Waals surface area contributed by atoms with E-state index >= 15 is 0 Å². The van der Waals surface area contributed by atoms with E-state index in [0.29, 0.717) is 23.9 Å². The number of rotatable bonds is 8. The molecule has 0 aromatic carbocycles. The quantitative estimate of drug-likeness (QED) is 0.707. The first-order valence-electron chi connectivity index (χ1n) is 6.69. The number of aromatic carboxylic acids is 1. The summed E-state index contributed by atoms with van der Waals surface area (Å²) in [5.74, 6) is -0.310. The molecule has 0 saturated heterocycles. The largest absolute Gasteiger partial charge is 0.475 e. The summed E-state index contributed by atoms with van der Waals surface area (Å²) in [5, 5.41) is 12.2. The minimum Gasteiger partial charge on any atom is -0.475 e. The van der Waals surface area contributed by atoms with Crippen LogP contribution in [0.4, 0.5) is 0 Å². The average Bonchev–Trinajstić information content (AvgIpc) is 2.74. The van der Waals surface area contributed by atoms with Gasteiger partial charge in [0.2, 0.25) is 5.76 Å². The molecule has 1 unspecified atom stereocenters. The monoisotopic (exact) mass is 268 g/mol. The van der Waals surface area contributed by atoms with Gasteiger partial charge in [0.1, 0.15) is 5.76 Å². The molecular weight excluding hydrogens is 244 g/mol. The van der Waals surface area contributed by atoms with E-state index in [-0.39, 0.29) is 5.76 Å². The van der Waals surface area contributed by atoms with Crippen molar-refractivity contribution in [1.29, 1.82) is 0 Å². The Morgan fingerprint density at radius 1 is 1.58 bits per heavy atom. The highest BCUT2D eigenvalue weighted by molar-refractivity contribution is 5.86.